The van der Waals surface area contributed by atoms with Crippen molar-refractivity contribution in [2.45, 2.75) is 66.2 Å². The molecule has 7 rings (SSSR count). The lowest BCUT2D eigenvalue weighted by Gasteiger charge is -2.09. The summed E-state index contributed by atoms with van der Waals surface area (Å²) in [7, 11) is 0. The normalized spacial score (nSPS) is 12.5. The molecule has 60 heavy (non-hydrogen) atoms. The van der Waals surface area contributed by atoms with Crippen LogP contribution in [0.25, 0.3) is 56.5 Å². The third-order valence-corrected chi connectivity index (χ3v) is 11.6. The number of amides is 2. The van der Waals surface area contributed by atoms with Crippen molar-refractivity contribution in [3.05, 3.63) is 142 Å². The van der Waals surface area contributed by atoms with Gasteiger partial charge in [0, 0.05) is 59.1 Å². The predicted molar refractivity (Wildman–Crippen MR) is 244 cm³/mol. The lowest BCUT2D eigenvalue weighted by molar-refractivity contribution is -0.121. The van der Waals surface area contributed by atoms with E-state index in [1.165, 1.54) is 0 Å². The maximum absolute atomic E-state index is 13.2. The monoisotopic (exact) mass is 800 g/mol. The first-order valence-corrected chi connectivity index (χ1v) is 20.4. The van der Waals surface area contributed by atoms with E-state index >= 15 is 0 Å². The summed E-state index contributed by atoms with van der Waals surface area (Å²) in [6.07, 6.45) is 6.52. The zero-order valence-corrected chi connectivity index (χ0v) is 34.8. The molecule has 0 atom stereocenters. The molecule has 0 spiro atoms. The van der Waals surface area contributed by atoms with Crippen LogP contribution in [0.2, 0.25) is 0 Å². The van der Waals surface area contributed by atoms with Gasteiger partial charge in [-0.05, 0) is 146 Å². The molecule has 0 unspecified atom stereocenters. The van der Waals surface area contributed by atoms with Crippen LogP contribution in [0.3, 0.4) is 0 Å². The second kappa shape index (κ2) is 17.9. The molecule has 0 saturated carbocycles. The summed E-state index contributed by atoms with van der Waals surface area (Å²) in [5, 5.41) is 25.3. The maximum Gasteiger partial charge on any atom is 0.220 e. The minimum Gasteiger partial charge on any atom is -0.508 e. The summed E-state index contributed by atoms with van der Waals surface area (Å²) >= 11 is 0. The number of rotatable bonds is 14. The zero-order chi connectivity index (χ0) is 42.5. The lowest BCUT2D eigenvalue weighted by atomic mass is 9.98. The molecular formula is C50H52N6O4. The van der Waals surface area contributed by atoms with Gasteiger partial charge in [-0.1, -0.05) is 49.6 Å². The summed E-state index contributed by atoms with van der Waals surface area (Å²) in [4.78, 5) is 44.1. The number of hydrogen-bond donors (Lipinski definition) is 6. The Balaban J connectivity index is 1.26. The summed E-state index contributed by atoms with van der Waals surface area (Å²) < 4.78 is 0. The van der Waals surface area contributed by atoms with Crippen molar-refractivity contribution < 1.29 is 19.8 Å². The van der Waals surface area contributed by atoms with Crippen LogP contribution >= 0.6 is 0 Å². The molecule has 0 saturated heterocycles. The standard InChI is InChI=1S/C50H52N6O4/c1-7-37-29(3)41-25-43-31(5)39(17-19-49(59)51-23-21-33-9-13-35(57)14-10-33)47(55-43)28-48-40(18-20-50(60)52-24-22-34-11-15-36(58)16-12-34)32(6)44(56-48)26-42-30(4)38(8-2)46(54-42)27-45(37)53-41/h7-16,25-28,53-54,57-58H,1-2,17-24H2,3-6H3,(H,51,59)(H,52,60). The van der Waals surface area contributed by atoms with E-state index in [-0.39, 0.29) is 36.2 Å². The van der Waals surface area contributed by atoms with Crippen molar-refractivity contribution in [3.63, 3.8) is 0 Å². The van der Waals surface area contributed by atoms with Crippen LogP contribution < -0.4 is 10.6 Å². The average molecular weight is 801 g/mol. The minimum absolute atomic E-state index is 0.0593. The molecule has 2 amide bonds. The largest absolute Gasteiger partial charge is 0.508 e. The van der Waals surface area contributed by atoms with Gasteiger partial charge in [-0.2, -0.15) is 0 Å². The summed E-state index contributed by atoms with van der Waals surface area (Å²) in [6, 6.07) is 22.2. The van der Waals surface area contributed by atoms with Crippen LogP contribution in [-0.4, -0.2) is 55.1 Å². The number of nitrogens with zero attached hydrogens (tertiary/aromatic N) is 2. The van der Waals surface area contributed by atoms with Gasteiger partial charge in [-0.15, -0.1) is 0 Å². The number of aromatic hydroxyl groups is 2. The Morgan fingerprint density at radius 2 is 0.967 bits per heavy atom. The van der Waals surface area contributed by atoms with Gasteiger partial charge < -0.3 is 30.8 Å². The van der Waals surface area contributed by atoms with Gasteiger partial charge in [0.2, 0.25) is 11.8 Å². The summed E-state index contributed by atoms with van der Waals surface area (Å²) in [5.74, 6) is 0.306. The Bertz CT molecular complexity index is 2550. The van der Waals surface area contributed by atoms with Crippen molar-refractivity contribution >= 4 is 68.3 Å². The molecule has 3 aromatic heterocycles. The van der Waals surface area contributed by atoms with E-state index < -0.39 is 0 Å². The second-order valence-electron chi connectivity index (χ2n) is 15.5. The average Bonchev–Trinajstić information content (AvgIpc) is 3.89. The number of carbonyl (C=O) groups is 2. The summed E-state index contributed by atoms with van der Waals surface area (Å²) in [5.41, 5.74) is 16.7. The topological polar surface area (TPSA) is 156 Å². The Labute approximate surface area is 350 Å². The van der Waals surface area contributed by atoms with Crippen LogP contribution in [0.4, 0.5) is 0 Å². The van der Waals surface area contributed by atoms with Crippen molar-refractivity contribution in [1.82, 2.24) is 30.6 Å². The van der Waals surface area contributed by atoms with E-state index in [4.69, 9.17) is 9.97 Å². The number of allylic oxidation sites excluding steroid dienone is 4. The number of H-pyrrole nitrogens is 2. The SMILES string of the molecule is C=Cc1c(C)c2cc3nc(cc4nc(cc5[nH]c(cc1[nH]2)c(C=C)c5C)C(C)=C4CCC(=O)NCCc1ccc(O)cc1)C(CCC(=O)NCCc1ccc(O)cc1)=C3C. The number of aromatic nitrogens is 4. The van der Waals surface area contributed by atoms with E-state index in [9.17, 15) is 19.8 Å². The molecule has 0 fully saturated rings. The molecule has 306 valence electrons. The first-order chi connectivity index (χ1) is 28.9. The Morgan fingerprint density at radius 3 is 1.35 bits per heavy atom. The first-order valence-electron chi connectivity index (χ1n) is 20.4. The highest BCUT2D eigenvalue weighted by atomic mass is 16.3. The molecule has 8 bridgehead atoms. The van der Waals surface area contributed by atoms with Crippen LogP contribution in [0, 0.1) is 13.8 Å². The third-order valence-electron chi connectivity index (χ3n) is 11.6. The van der Waals surface area contributed by atoms with Gasteiger partial charge in [0.1, 0.15) is 11.5 Å². The number of fused-ring (bicyclic) bond motifs is 8. The van der Waals surface area contributed by atoms with E-state index in [2.05, 4.69) is 65.8 Å². The fourth-order valence-corrected chi connectivity index (χ4v) is 7.97. The highest BCUT2D eigenvalue weighted by Gasteiger charge is 2.23. The van der Waals surface area contributed by atoms with E-state index in [1.807, 2.05) is 56.3 Å². The van der Waals surface area contributed by atoms with Crippen LogP contribution in [0.1, 0.15) is 95.7 Å². The van der Waals surface area contributed by atoms with E-state index in [1.54, 1.807) is 24.3 Å². The van der Waals surface area contributed by atoms with Gasteiger partial charge in [0.15, 0.2) is 0 Å². The van der Waals surface area contributed by atoms with Crippen LogP contribution in [-0.2, 0) is 22.4 Å². The number of carbonyl (C=O) groups excluding carboxylic acids is 2. The van der Waals surface area contributed by atoms with Gasteiger partial charge in [0.25, 0.3) is 0 Å². The zero-order valence-electron chi connectivity index (χ0n) is 34.8. The summed E-state index contributed by atoms with van der Waals surface area (Å²) in [6.45, 7) is 17.5. The number of aromatic amines is 2. The quantitative estimate of drug-likeness (QED) is 0.0657. The predicted octanol–water partition coefficient (Wildman–Crippen LogP) is 9.77. The highest BCUT2D eigenvalue weighted by Crippen LogP contribution is 2.38. The van der Waals surface area contributed by atoms with Crippen molar-refractivity contribution in [2.24, 2.45) is 0 Å². The van der Waals surface area contributed by atoms with Gasteiger partial charge >= 0.3 is 0 Å². The smallest absolute Gasteiger partial charge is 0.220 e. The molecule has 10 heteroatoms. The van der Waals surface area contributed by atoms with Gasteiger partial charge in [0.05, 0.1) is 22.8 Å². The Kier molecular flexibility index (Phi) is 12.3. The first kappa shape index (κ1) is 41.2. The lowest BCUT2D eigenvalue weighted by Crippen LogP contribution is -2.25. The van der Waals surface area contributed by atoms with Crippen LogP contribution in [0.15, 0.2) is 86.0 Å². The molecule has 0 radical (unpaired) electrons. The second-order valence-corrected chi connectivity index (χ2v) is 15.5. The molecule has 2 aliphatic rings. The van der Waals surface area contributed by atoms with E-state index in [0.717, 1.165) is 101 Å². The number of phenolic OH excluding ortho intramolecular Hbond substituents is 2. The van der Waals surface area contributed by atoms with Crippen molar-refractivity contribution in [3.8, 4) is 11.5 Å². The fraction of sp³-hybridized carbons (Fsp3) is 0.240. The number of phenols is 2. The fourth-order valence-electron chi connectivity index (χ4n) is 7.97. The van der Waals surface area contributed by atoms with Gasteiger partial charge in [-0.25, -0.2) is 9.97 Å². The molecule has 0 aliphatic carbocycles. The maximum atomic E-state index is 13.2. The minimum atomic E-state index is -0.0593. The van der Waals surface area contributed by atoms with Crippen molar-refractivity contribution in [2.75, 3.05) is 13.1 Å². The number of aryl methyl sites for hydroxylation is 2. The van der Waals surface area contributed by atoms with Crippen molar-refractivity contribution in [1.29, 1.82) is 0 Å². The number of hydrogen-bond acceptors (Lipinski definition) is 6. The number of nitrogens with one attached hydrogen (secondary N) is 4. The van der Waals surface area contributed by atoms with Crippen LogP contribution in [0.5, 0.6) is 11.5 Å². The van der Waals surface area contributed by atoms with E-state index in [0.29, 0.717) is 38.8 Å². The molecular weight excluding hydrogens is 749 g/mol. The molecule has 6 N–H and O–H groups in total. The van der Waals surface area contributed by atoms with Gasteiger partial charge in [-0.3, -0.25) is 9.59 Å². The third kappa shape index (κ3) is 9.03. The molecule has 2 aliphatic heterocycles. The Hall–Kier alpha value is -6.94. The molecule has 2 aromatic carbocycles. The highest BCUT2D eigenvalue weighted by molar-refractivity contribution is 5.97. The molecule has 5 heterocycles. The number of benzene rings is 2. The Morgan fingerprint density at radius 1 is 0.567 bits per heavy atom. The molecule has 10 nitrogen and oxygen atoms in total. The molecule has 5 aromatic rings.